The number of ether oxygens (including phenoxy) is 2. The minimum atomic E-state index is -0.382. The molecule has 6 rings (SSSR count). The second-order valence-electron chi connectivity index (χ2n) is 13.8. The SMILES string of the molecule is CCCCCN(C(=O)CCCCC(=O)c1ccccc1)[C@@H]1CC[C@H]2[C@H]3Cc4ccc(OC(C)=O)c5c4[C@@]2(CCN3CC(C)=O)[C@H]1O5. The van der Waals surface area contributed by atoms with E-state index in [0.29, 0.717) is 56.2 Å². The number of Topliss-reactive ketones (excluding diaryl/α,β-unsaturated/α-hetero) is 2. The Morgan fingerprint density at radius 2 is 1.76 bits per heavy atom. The molecule has 0 unspecified atom stereocenters. The number of likely N-dealkylation sites (tertiary alicyclic amines) is 1. The average molecular weight is 629 g/mol. The van der Waals surface area contributed by atoms with E-state index in [0.717, 1.165) is 57.1 Å². The summed E-state index contributed by atoms with van der Waals surface area (Å²) in [6.45, 7) is 7.18. The average Bonchev–Trinajstić information content (AvgIpc) is 3.39. The van der Waals surface area contributed by atoms with Gasteiger partial charge in [0.25, 0.3) is 0 Å². The van der Waals surface area contributed by atoms with Crippen LogP contribution in [0.1, 0.15) is 106 Å². The maximum atomic E-state index is 14.1. The molecule has 0 radical (unpaired) electrons. The molecule has 1 spiro atoms. The molecule has 0 aromatic heterocycles. The normalized spacial score (nSPS) is 25.7. The van der Waals surface area contributed by atoms with Gasteiger partial charge in [-0.3, -0.25) is 24.1 Å². The zero-order valence-electron chi connectivity index (χ0n) is 27.6. The highest BCUT2D eigenvalue weighted by atomic mass is 16.6. The summed E-state index contributed by atoms with van der Waals surface area (Å²) in [6.07, 6.45) is 8.42. The summed E-state index contributed by atoms with van der Waals surface area (Å²) in [4.78, 5) is 55.6. The molecule has 1 amide bonds. The van der Waals surface area contributed by atoms with Gasteiger partial charge in [-0.15, -0.1) is 0 Å². The summed E-state index contributed by atoms with van der Waals surface area (Å²) in [5.74, 6) is 1.47. The Morgan fingerprint density at radius 1 is 0.978 bits per heavy atom. The Kier molecular flexibility index (Phi) is 9.64. The number of carbonyl (C=O) groups excluding carboxylic acids is 4. The number of nitrogens with zero attached hydrogens (tertiary/aromatic N) is 2. The fraction of sp³-hybridized carbons (Fsp3) is 0.579. The van der Waals surface area contributed by atoms with Gasteiger partial charge in [0.2, 0.25) is 5.91 Å². The van der Waals surface area contributed by atoms with E-state index in [-0.39, 0.29) is 47.0 Å². The Morgan fingerprint density at radius 3 is 2.50 bits per heavy atom. The summed E-state index contributed by atoms with van der Waals surface area (Å²) in [5, 5.41) is 0. The first-order valence-electron chi connectivity index (χ1n) is 17.4. The molecule has 2 fully saturated rings. The highest BCUT2D eigenvalue weighted by Crippen LogP contribution is 2.64. The topological polar surface area (TPSA) is 93.2 Å². The smallest absolute Gasteiger partial charge is 0.308 e. The van der Waals surface area contributed by atoms with E-state index in [1.165, 1.54) is 18.1 Å². The van der Waals surface area contributed by atoms with E-state index in [4.69, 9.17) is 9.47 Å². The van der Waals surface area contributed by atoms with Gasteiger partial charge >= 0.3 is 5.97 Å². The van der Waals surface area contributed by atoms with Crippen molar-refractivity contribution in [2.75, 3.05) is 19.6 Å². The van der Waals surface area contributed by atoms with E-state index in [2.05, 4.69) is 22.8 Å². The van der Waals surface area contributed by atoms with Gasteiger partial charge in [-0.2, -0.15) is 0 Å². The van der Waals surface area contributed by atoms with Crippen LogP contribution < -0.4 is 9.47 Å². The molecule has 2 aliphatic heterocycles. The zero-order valence-corrected chi connectivity index (χ0v) is 27.6. The molecule has 8 nitrogen and oxygen atoms in total. The van der Waals surface area contributed by atoms with Crippen LogP contribution in [0, 0.1) is 5.92 Å². The van der Waals surface area contributed by atoms with Crippen molar-refractivity contribution in [3.8, 4) is 11.5 Å². The van der Waals surface area contributed by atoms with Crippen LogP contribution in [0.5, 0.6) is 11.5 Å². The molecule has 4 aliphatic rings. The summed E-state index contributed by atoms with van der Waals surface area (Å²) >= 11 is 0. The van der Waals surface area contributed by atoms with Crippen molar-refractivity contribution in [2.24, 2.45) is 5.92 Å². The van der Waals surface area contributed by atoms with E-state index >= 15 is 0 Å². The monoisotopic (exact) mass is 628 g/mol. The number of ketones is 2. The third-order valence-corrected chi connectivity index (χ3v) is 10.9. The molecule has 1 saturated carbocycles. The van der Waals surface area contributed by atoms with Crippen LogP contribution in [-0.4, -0.2) is 71.1 Å². The highest BCUT2D eigenvalue weighted by Gasteiger charge is 2.66. The van der Waals surface area contributed by atoms with Gasteiger partial charge in [0.05, 0.1) is 12.6 Å². The van der Waals surface area contributed by atoms with Gasteiger partial charge in [-0.1, -0.05) is 56.2 Å². The maximum absolute atomic E-state index is 14.1. The minimum Gasteiger partial charge on any atom is -0.483 e. The van der Waals surface area contributed by atoms with Crippen LogP contribution in [0.15, 0.2) is 42.5 Å². The van der Waals surface area contributed by atoms with Gasteiger partial charge in [0, 0.05) is 48.9 Å². The molecule has 5 atom stereocenters. The number of hydrogen-bond donors (Lipinski definition) is 0. The van der Waals surface area contributed by atoms with Crippen LogP contribution in [0.25, 0.3) is 0 Å². The first kappa shape index (κ1) is 32.4. The standard InChI is InChI=1S/C38H48N2O6/c1-4-5-11-21-40(34(44)15-10-9-14-32(43)27-12-7-6-8-13-27)30-18-17-29-31-23-28-16-19-33(45-26(3)42)36-35(28)38(29,37(30)46-36)20-22-39(31)24-25(2)41/h6-8,12-13,16,19,29-31,37H,4-5,9-11,14-15,17-18,20-24H2,1-3H3/t29-,30+,31+,37-,38-/m0/s1. The highest BCUT2D eigenvalue weighted by molar-refractivity contribution is 5.96. The fourth-order valence-electron chi connectivity index (χ4n) is 9.11. The molecule has 246 valence electrons. The lowest BCUT2D eigenvalue weighted by Gasteiger charge is -2.60. The molecule has 8 heteroatoms. The largest absolute Gasteiger partial charge is 0.483 e. The van der Waals surface area contributed by atoms with Gasteiger partial charge in [-0.25, -0.2) is 0 Å². The fourth-order valence-corrected chi connectivity index (χ4v) is 9.11. The molecule has 2 bridgehead atoms. The number of esters is 1. The third kappa shape index (κ3) is 6.01. The summed E-state index contributed by atoms with van der Waals surface area (Å²) in [5.41, 5.74) is 2.79. The Balaban J connectivity index is 1.27. The molecule has 2 aromatic carbocycles. The first-order valence-corrected chi connectivity index (χ1v) is 17.4. The molecular formula is C38H48N2O6. The van der Waals surface area contributed by atoms with E-state index in [9.17, 15) is 19.2 Å². The zero-order chi connectivity index (χ0) is 32.4. The van der Waals surface area contributed by atoms with E-state index in [1.54, 1.807) is 6.92 Å². The molecule has 1 saturated heterocycles. The first-order chi connectivity index (χ1) is 22.2. The summed E-state index contributed by atoms with van der Waals surface area (Å²) in [7, 11) is 0. The van der Waals surface area contributed by atoms with Crippen molar-refractivity contribution in [3.05, 3.63) is 59.2 Å². The number of unbranched alkanes of at least 4 members (excludes halogenated alkanes) is 3. The molecule has 2 heterocycles. The van der Waals surface area contributed by atoms with Crippen LogP contribution in [0.2, 0.25) is 0 Å². The third-order valence-electron chi connectivity index (χ3n) is 10.9. The van der Waals surface area contributed by atoms with E-state index in [1.807, 2.05) is 36.4 Å². The summed E-state index contributed by atoms with van der Waals surface area (Å²) in [6, 6.07) is 13.4. The second kappa shape index (κ2) is 13.7. The van der Waals surface area contributed by atoms with Gasteiger partial charge in [-0.05, 0) is 76.0 Å². The lowest BCUT2D eigenvalue weighted by atomic mass is 9.51. The number of piperidine rings is 1. The van der Waals surface area contributed by atoms with Crippen molar-refractivity contribution < 1.29 is 28.7 Å². The molecular weight excluding hydrogens is 580 g/mol. The van der Waals surface area contributed by atoms with Crippen molar-refractivity contribution in [1.29, 1.82) is 0 Å². The molecule has 2 aromatic rings. The lowest BCUT2D eigenvalue weighted by molar-refractivity contribution is -0.143. The lowest BCUT2D eigenvalue weighted by Crippen LogP contribution is -2.69. The molecule has 46 heavy (non-hydrogen) atoms. The van der Waals surface area contributed by atoms with Gasteiger partial charge < -0.3 is 14.4 Å². The summed E-state index contributed by atoms with van der Waals surface area (Å²) < 4.78 is 12.7. The number of benzene rings is 2. The molecule has 0 N–H and O–H groups in total. The Hall–Kier alpha value is -3.52. The second-order valence-corrected chi connectivity index (χ2v) is 13.8. The Bertz CT molecular complexity index is 1470. The van der Waals surface area contributed by atoms with Gasteiger partial charge in [0.15, 0.2) is 17.3 Å². The van der Waals surface area contributed by atoms with Crippen molar-refractivity contribution in [1.82, 2.24) is 9.80 Å². The quantitative estimate of drug-likeness (QED) is 0.109. The molecule has 2 aliphatic carbocycles. The predicted octanol–water partition coefficient (Wildman–Crippen LogP) is 6.07. The number of rotatable bonds is 14. The van der Waals surface area contributed by atoms with Crippen molar-refractivity contribution in [3.63, 3.8) is 0 Å². The van der Waals surface area contributed by atoms with Gasteiger partial charge in [0.1, 0.15) is 11.9 Å². The minimum absolute atomic E-state index is 0.102. The number of amides is 1. The maximum Gasteiger partial charge on any atom is 0.308 e. The van der Waals surface area contributed by atoms with Crippen LogP contribution in [0.4, 0.5) is 0 Å². The van der Waals surface area contributed by atoms with Crippen molar-refractivity contribution >= 4 is 23.4 Å². The van der Waals surface area contributed by atoms with Crippen molar-refractivity contribution in [2.45, 2.75) is 115 Å². The number of carbonyl (C=O) groups is 4. The van der Waals surface area contributed by atoms with Crippen LogP contribution in [-0.2, 0) is 26.2 Å². The van der Waals surface area contributed by atoms with Crippen LogP contribution >= 0.6 is 0 Å². The van der Waals surface area contributed by atoms with Crippen LogP contribution in [0.3, 0.4) is 0 Å². The predicted molar refractivity (Wildman–Crippen MR) is 175 cm³/mol. The van der Waals surface area contributed by atoms with E-state index < -0.39 is 0 Å². The number of hydrogen-bond acceptors (Lipinski definition) is 7. The Labute approximate surface area is 272 Å².